The average Bonchev–Trinajstić information content (AvgIpc) is 3.04. The van der Waals surface area contributed by atoms with Crippen molar-refractivity contribution in [2.75, 3.05) is 30.3 Å². The zero-order valence-corrected chi connectivity index (χ0v) is 18.1. The molecule has 172 valence electrons. The van der Waals surface area contributed by atoms with E-state index in [2.05, 4.69) is 20.5 Å². The largest absolute Gasteiger partial charge is 0.418 e. The van der Waals surface area contributed by atoms with Gasteiger partial charge in [0.15, 0.2) is 0 Å². The van der Waals surface area contributed by atoms with Gasteiger partial charge in [-0.25, -0.2) is 4.39 Å². The Labute approximate surface area is 184 Å². The van der Waals surface area contributed by atoms with Gasteiger partial charge in [-0.15, -0.1) is 0 Å². The molecule has 1 amide bonds. The van der Waals surface area contributed by atoms with Crippen LogP contribution in [0.25, 0.3) is 0 Å². The number of rotatable bonds is 8. The van der Waals surface area contributed by atoms with Crippen molar-refractivity contribution in [3.8, 4) is 0 Å². The Hall–Kier alpha value is -2.94. The van der Waals surface area contributed by atoms with E-state index in [4.69, 9.17) is 0 Å². The molecule has 2 aromatic carbocycles. The summed E-state index contributed by atoms with van der Waals surface area (Å²) >= 11 is 0. The van der Waals surface area contributed by atoms with Gasteiger partial charge >= 0.3 is 6.18 Å². The van der Waals surface area contributed by atoms with E-state index in [-0.39, 0.29) is 17.4 Å². The first kappa shape index (κ1) is 23.7. The van der Waals surface area contributed by atoms with Gasteiger partial charge < -0.3 is 15.5 Å². The van der Waals surface area contributed by atoms with Crippen LogP contribution >= 0.6 is 0 Å². The van der Waals surface area contributed by atoms with E-state index in [0.29, 0.717) is 17.8 Å². The fourth-order valence-corrected chi connectivity index (χ4v) is 3.72. The Balaban J connectivity index is 1.83. The molecule has 0 fully saturated rings. The van der Waals surface area contributed by atoms with Gasteiger partial charge in [0, 0.05) is 30.2 Å². The van der Waals surface area contributed by atoms with Crippen molar-refractivity contribution in [2.24, 2.45) is 4.99 Å². The lowest BCUT2D eigenvalue weighted by Gasteiger charge is -2.25. The quantitative estimate of drug-likeness (QED) is 0.417. The first-order valence-corrected chi connectivity index (χ1v) is 10.5. The zero-order valence-electron chi connectivity index (χ0n) is 18.1. The van der Waals surface area contributed by atoms with Gasteiger partial charge in [-0.1, -0.05) is 19.9 Å². The minimum atomic E-state index is -4.57. The van der Waals surface area contributed by atoms with E-state index in [0.717, 1.165) is 19.2 Å². The maximum atomic E-state index is 13.7. The topological polar surface area (TPSA) is 56.7 Å². The van der Waals surface area contributed by atoms with E-state index in [1.54, 1.807) is 0 Å². The van der Waals surface area contributed by atoms with Gasteiger partial charge in [-0.05, 0) is 55.9 Å². The molecule has 2 N–H and O–H groups in total. The summed E-state index contributed by atoms with van der Waals surface area (Å²) in [6, 6.07) is 7.48. The molecule has 0 bridgehead atoms. The van der Waals surface area contributed by atoms with Crippen LogP contribution in [0.3, 0.4) is 0 Å². The fourth-order valence-electron chi connectivity index (χ4n) is 3.72. The molecule has 9 heteroatoms. The van der Waals surface area contributed by atoms with Crippen molar-refractivity contribution >= 4 is 29.2 Å². The highest BCUT2D eigenvalue weighted by Gasteiger charge is 2.34. The lowest BCUT2D eigenvalue weighted by molar-refractivity contribution is -0.137. The zero-order chi connectivity index (χ0) is 23.5. The van der Waals surface area contributed by atoms with Gasteiger partial charge in [0.1, 0.15) is 11.7 Å². The average molecular weight is 450 g/mol. The van der Waals surface area contributed by atoms with E-state index < -0.39 is 29.4 Å². The molecule has 0 radical (unpaired) electrons. The normalized spacial score (nSPS) is 17.0. The van der Waals surface area contributed by atoms with Crippen LogP contribution in [0.4, 0.5) is 34.6 Å². The molecule has 0 spiro atoms. The third-order valence-electron chi connectivity index (χ3n) is 5.40. The van der Waals surface area contributed by atoms with Gasteiger partial charge in [-0.3, -0.25) is 9.79 Å². The Morgan fingerprint density at radius 2 is 1.91 bits per heavy atom. The molecule has 2 unspecified atom stereocenters. The summed E-state index contributed by atoms with van der Waals surface area (Å²) in [5, 5.41) is 5.50. The number of aliphatic imine (C=N–C) groups is 1. The first-order valence-electron chi connectivity index (χ1n) is 10.5. The standard InChI is InChI=1S/C23H26F4N4O/c1-4-31(5-2)13-14(3)29-20-9-7-16(11-19(20)23(25,26)27)28-12-18-17-8-6-15(24)10-21(17)30-22(18)32/h6-12,14,18,29H,4-5,13H2,1-3H3,(H,30,32). The van der Waals surface area contributed by atoms with Crippen LogP contribution in [-0.2, 0) is 11.0 Å². The Morgan fingerprint density at radius 1 is 1.19 bits per heavy atom. The lowest BCUT2D eigenvalue weighted by atomic mass is 10.0. The number of carbonyl (C=O) groups is 1. The van der Waals surface area contributed by atoms with Crippen LogP contribution in [-0.4, -0.2) is 42.7 Å². The molecule has 3 rings (SSSR count). The molecule has 0 saturated heterocycles. The van der Waals surface area contributed by atoms with E-state index in [1.807, 2.05) is 20.8 Å². The van der Waals surface area contributed by atoms with E-state index >= 15 is 0 Å². The maximum absolute atomic E-state index is 13.7. The molecule has 2 aromatic rings. The van der Waals surface area contributed by atoms with Gasteiger partial charge in [0.25, 0.3) is 0 Å². The second kappa shape index (κ2) is 9.68. The second-order valence-electron chi connectivity index (χ2n) is 7.74. The van der Waals surface area contributed by atoms with Gasteiger partial charge in [-0.2, -0.15) is 13.2 Å². The molecule has 1 aliphatic rings. The summed E-state index contributed by atoms with van der Waals surface area (Å²) in [7, 11) is 0. The van der Waals surface area contributed by atoms with Crippen molar-refractivity contribution < 1.29 is 22.4 Å². The highest BCUT2D eigenvalue weighted by Crippen LogP contribution is 2.38. The second-order valence-corrected chi connectivity index (χ2v) is 7.74. The monoisotopic (exact) mass is 450 g/mol. The van der Waals surface area contributed by atoms with Gasteiger partial charge in [0.05, 0.1) is 11.3 Å². The maximum Gasteiger partial charge on any atom is 0.418 e. The molecule has 5 nitrogen and oxygen atoms in total. The van der Waals surface area contributed by atoms with Crippen molar-refractivity contribution in [1.82, 2.24) is 4.90 Å². The van der Waals surface area contributed by atoms with Crippen molar-refractivity contribution in [3.05, 3.63) is 53.3 Å². The molecule has 1 heterocycles. The summed E-state index contributed by atoms with van der Waals surface area (Å²) in [6.45, 7) is 8.08. The lowest BCUT2D eigenvalue weighted by Crippen LogP contribution is -2.35. The Kier molecular flexibility index (Phi) is 7.18. The molecule has 0 saturated carbocycles. The predicted molar refractivity (Wildman–Crippen MR) is 118 cm³/mol. The highest BCUT2D eigenvalue weighted by molar-refractivity contribution is 6.12. The first-order chi connectivity index (χ1) is 15.1. The Bertz CT molecular complexity index is 1000. The number of carbonyl (C=O) groups excluding carboxylic acids is 1. The number of nitrogens with one attached hydrogen (secondary N) is 2. The van der Waals surface area contributed by atoms with Crippen LogP contribution < -0.4 is 10.6 Å². The summed E-state index contributed by atoms with van der Waals surface area (Å²) in [5.74, 6) is -1.70. The third-order valence-corrected chi connectivity index (χ3v) is 5.40. The summed E-state index contributed by atoms with van der Waals surface area (Å²) in [5.41, 5.74) is 0.0962. The number of halogens is 4. The van der Waals surface area contributed by atoms with E-state index in [9.17, 15) is 22.4 Å². The number of likely N-dealkylation sites (N-methyl/N-ethyl adjacent to an activating group) is 1. The Morgan fingerprint density at radius 3 is 2.56 bits per heavy atom. The van der Waals surface area contributed by atoms with E-state index in [1.165, 1.54) is 36.5 Å². The van der Waals surface area contributed by atoms with Gasteiger partial charge in [0.2, 0.25) is 5.91 Å². The smallest absolute Gasteiger partial charge is 0.381 e. The van der Waals surface area contributed by atoms with Crippen LogP contribution in [0.5, 0.6) is 0 Å². The minimum absolute atomic E-state index is 0.0180. The fraction of sp³-hybridized carbons (Fsp3) is 0.391. The summed E-state index contributed by atoms with van der Waals surface area (Å²) < 4.78 is 54.5. The molecule has 0 aliphatic carbocycles. The molecule has 2 atom stereocenters. The summed E-state index contributed by atoms with van der Waals surface area (Å²) in [4.78, 5) is 18.4. The number of anilines is 2. The molecule has 1 aliphatic heterocycles. The van der Waals surface area contributed by atoms with Crippen molar-refractivity contribution in [1.29, 1.82) is 0 Å². The molecule has 32 heavy (non-hydrogen) atoms. The van der Waals surface area contributed by atoms with Crippen LogP contribution in [0.1, 0.15) is 37.8 Å². The number of hydrogen-bond donors (Lipinski definition) is 2. The molecule has 0 aromatic heterocycles. The van der Waals surface area contributed by atoms with Crippen LogP contribution in [0.15, 0.2) is 41.4 Å². The number of benzene rings is 2. The molecular weight excluding hydrogens is 424 g/mol. The van der Waals surface area contributed by atoms with Crippen molar-refractivity contribution in [3.63, 3.8) is 0 Å². The summed E-state index contributed by atoms with van der Waals surface area (Å²) in [6.07, 6.45) is -3.29. The predicted octanol–water partition coefficient (Wildman–Crippen LogP) is 5.42. The number of fused-ring (bicyclic) bond motifs is 1. The SMILES string of the molecule is CCN(CC)CC(C)Nc1ccc(N=CC2C(=O)Nc3cc(F)ccc32)cc1C(F)(F)F. The number of amides is 1. The highest BCUT2D eigenvalue weighted by atomic mass is 19.4. The van der Waals surface area contributed by atoms with Crippen LogP contribution in [0.2, 0.25) is 0 Å². The molecular formula is C23H26F4N4O. The van der Waals surface area contributed by atoms with Crippen molar-refractivity contribution in [2.45, 2.75) is 38.9 Å². The third kappa shape index (κ3) is 5.45. The number of alkyl halides is 3. The minimum Gasteiger partial charge on any atom is -0.381 e. The number of hydrogen-bond acceptors (Lipinski definition) is 4. The van der Waals surface area contributed by atoms with Crippen LogP contribution in [0, 0.1) is 5.82 Å². The number of nitrogens with zero attached hydrogens (tertiary/aromatic N) is 2.